The van der Waals surface area contributed by atoms with Gasteiger partial charge in [0.2, 0.25) is 5.91 Å². The number of pyridine rings is 1. The van der Waals surface area contributed by atoms with Crippen molar-refractivity contribution in [1.82, 2.24) is 15.2 Å². The van der Waals surface area contributed by atoms with E-state index in [1.165, 1.54) is 12.3 Å². The molecular weight excluding hydrogens is 262 g/mol. The van der Waals surface area contributed by atoms with Crippen LogP contribution in [0.5, 0.6) is 0 Å². The molecule has 1 fully saturated rings. The van der Waals surface area contributed by atoms with Crippen molar-refractivity contribution in [3.63, 3.8) is 0 Å². The molecule has 0 unspecified atom stereocenters. The molecule has 4 N–H and O–H groups in total. The predicted molar refractivity (Wildman–Crippen MR) is 70.3 cm³/mol. The molecule has 2 heterocycles. The number of amidine groups is 1. The summed E-state index contributed by atoms with van der Waals surface area (Å²) in [4.78, 5) is 29.0. The third-order valence-electron chi connectivity index (χ3n) is 2.99. The molecule has 8 heteroatoms. The Balaban J connectivity index is 2.10. The molecule has 2 amide bonds. The third kappa shape index (κ3) is 3.02. The van der Waals surface area contributed by atoms with Gasteiger partial charge in [0.05, 0.1) is 0 Å². The first-order chi connectivity index (χ1) is 9.61. The lowest BCUT2D eigenvalue weighted by molar-refractivity contribution is -0.120. The minimum absolute atomic E-state index is 0.0597. The Morgan fingerprint density at radius 1 is 1.45 bits per heavy atom. The van der Waals surface area contributed by atoms with E-state index in [0.717, 1.165) is 0 Å². The molecule has 0 bridgehead atoms. The normalized spacial score (nSPS) is 16.5. The van der Waals surface area contributed by atoms with Crippen molar-refractivity contribution in [1.29, 1.82) is 0 Å². The van der Waals surface area contributed by atoms with Crippen LogP contribution in [0.15, 0.2) is 23.5 Å². The van der Waals surface area contributed by atoms with Crippen LogP contribution in [0, 0.1) is 0 Å². The average Bonchev–Trinajstić information content (AvgIpc) is 2.70. The van der Waals surface area contributed by atoms with Crippen LogP contribution in [-0.4, -0.2) is 52.4 Å². The SMILES string of the molecule is NC(=NO)c1ccc(C(=O)N2CCNC(=O)CC2)nc1. The topological polar surface area (TPSA) is 121 Å². The predicted octanol–water partition coefficient (Wildman–Crippen LogP) is -0.862. The second-order valence-corrected chi connectivity index (χ2v) is 4.31. The Labute approximate surface area is 115 Å². The summed E-state index contributed by atoms with van der Waals surface area (Å²) in [5.41, 5.74) is 6.10. The van der Waals surface area contributed by atoms with Gasteiger partial charge in [-0.25, -0.2) is 0 Å². The highest BCUT2D eigenvalue weighted by atomic mass is 16.4. The molecule has 0 atom stereocenters. The molecule has 0 saturated carbocycles. The largest absolute Gasteiger partial charge is 0.409 e. The van der Waals surface area contributed by atoms with Crippen molar-refractivity contribution in [2.75, 3.05) is 19.6 Å². The first kappa shape index (κ1) is 13.8. The lowest BCUT2D eigenvalue weighted by Gasteiger charge is -2.18. The van der Waals surface area contributed by atoms with E-state index in [1.807, 2.05) is 0 Å². The maximum Gasteiger partial charge on any atom is 0.272 e. The minimum Gasteiger partial charge on any atom is -0.409 e. The van der Waals surface area contributed by atoms with Crippen molar-refractivity contribution in [3.05, 3.63) is 29.6 Å². The number of oxime groups is 1. The number of carbonyl (C=O) groups is 2. The van der Waals surface area contributed by atoms with Crippen molar-refractivity contribution in [3.8, 4) is 0 Å². The molecule has 1 aliphatic rings. The molecular formula is C12H15N5O3. The molecule has 0 aliphatic carbocycles. The third-order valence-corrected chi connectivity index (χ3v) is 2.99. The summed E-state index contributed by atoms with van der Waals surface area (Å²) in [6.45, 7) is 1.26. The molecule has 1 aromatic heterocycles. The number of nitrogens with zero attached hydrogens (tertiary/aromatic N) is 3. The molecule has 1 aliphatic heterocycles. The smallest absolute Gasteiger partial charge is 0.272 e. The van der Waals surface area contributed by atoms with E-state index in [1.54, 1.807) is 11.0 Å². The zero-order chi connectivity index (χ0) is 14.5. The van der Waals surface area contributed by atoms with Gasteiger partial charge in [0.15, 0.2) is 5.84 Å². The van der Waals surface area contributed by atoms with Gasteiger partial charge in [-0.2, -0.15) is 0 Å². The van der Waals surface area contributed by atoms with E-state index in [0.29, 0.717) is 25.2 Å². The number of amides is 2. The van der Waals surface area contributed by atoms with Gasteiger partial charge in [0, 0.05) is 37.8 Å². The van der Waals surface area contributed by atoms with E-state index in [-0.39, 0.29) is 29.8 Å². The molecule has 1 aromatic rings. The lowest BCUT2D eigenvalue weighted by Crippen LogP contribution is -2.34. The number of nitrogens with two attached hydrogens (primary N) is 1. The Morgan fingerprint density at radius 3 is 2.90 bits per heavy atom. The number of carbonyl (C=O) groups excluding carboxylic acids is 2. The molecule has 2 rings (SSSR count). The van der Waals surface area contributed by atoms with Crippen molar-refractivity contribution in [2.45, 2.75) is 6.42 Å². The van der Waals surface area contributed by atoms with Crippen molar-refractivity contribution < 1.29 is 14.8 Å². The van der Waals surface area contributed by atoms with Gasteiger partial charge >= 0.3 is 0 Å². The van der Waals surface area contributed by atoms with Crippen LogP contribution in [0.25, 0.3) is 0 Å². The molecule has 0 spiro atoms. The first-order valence-corrected chi connectivity index (χ1v) is 6.11. The number of hydrogen-bond acceptors (Lipinski definition) is 5. The monoisotopic (exact) mass is 277 g/mol. The van der Waals surface area contributed by atoms with Crippen molar-refractivity contribution >= 4 is 17.6 Å². The second kappa shape index (κ2) is 6.00. The fraction of sp³-hybridized carbons (Fsp3) is 0.333. The van der Waals surface area contributed by atoms with Crippen molar-refractivity contribution in [2.24, 2.45) is 10.9 Å². The summed E-state index contributed by atoms with van der Waals surface area (Å²) in [7, 11) is 0. The highest BCUT2D eigenvalue weighted by molar-refractivity contribution is 5.98. The molecule has 20 heavy (non-hydrogen) atoms. The first-order valence-electron chi connectivity index (χ1n) is 6.11. The molecule has 0 radical (unpaired) electrons. The fourth-order valence-corrected chi connectivity index (χ4v) is 1.86. The van der Waals surface area contributed by atoms with Gasteiger partial charge in [-0.3, -0.25) is 14.6 Å². The van der Waals surface area contributed by atoms with Crippen LogP contribution in [-0.2, 0) is 4.79 Å². The maximum atomic E-state index is 12.2. The van der Waals surface area contributed by atoms with Crippen LogP contribution >= 0.6 is 0 Å². The summed E-state index contributed by atoms with van der Waals surface area (Å²) >= 11 is 0. The summed E-state index contributed by atoms with van der Waals surface area (Å²) in [6.07, 6.45) is 1.65. The van der Waals surface area contributed by atoms with Gasteiger partial charge in [-0.1, -0.05) is 5.16 Å². The molecule has 8 nitrogen and oxygen atoms in total. The van der Waals surface area contributed by atoms with E-state index in [9.17, 15) is 9.59 Å². The summed E-state index contributed by atoms with van der Waals surface area (Å²) in [6, 6.07) is 3.06. The van der Waals surface area contributed by atoms with Crippen LogP contribution in [0.2, 0.25) is 0 Å². The highest BCUT2D eigenvalue weighted by Gasteiger charge is 2.20. The fourth-order valence-electron chi connectivity index (χ4n) is 1.86. The summed E-state index contributed by atoms with van der Waals surface area (Å²) < 4.78 is 0. The van der Waals surface area contributed by atoms with Crippen LogP contribution in [0.1, 0.15) is 22.5 Å². The Morgan fingerprint density at radius 2 is 2.25 bits per heavy atom. The maximum absolute atomic E-state index is 12.2. The summed E-state index contributed by atoms with van der Waals surface area (Å²) in [5, 5.41) is 14.1. The van der Waals surface area contributed by atoms with E-state index in [4.69, 9.17) is 10.9 Å². The quantitative estimate of drug-likeness (QED) is 0.281. The average molecular weight is 277 g/mol. The zero-order valence-electron chi connectivity index (χ0n) is 10.7. The summed E-state index contributed by atoms with van der Waals surface area (Å²) in [5.74, 6) is -0.371. The second-order valence-electron chi connectivity index (χ2n) is 4.31. The molecule has 1 saturated heterocycles. The zero-order valence-corrected chi connectivity index (χ0v) is 10.7. The van der Waals surface area contributed by atoms with Gasteiger partial charge in [0.1, 0.15) is 5.69 Å². The van der Waals surface area contributed by atoms with Gasteiger partial charge < -0.3 is 21.2 Å². The highest BCUT2D eigenvalue weighted by Crippen LogP contribution is 2.06. The Kier molecular flexibility index (Phi) is 4.14. The van der Waals surface area contributed by atoms with Gasteiger partial charge in [0.25, 0.3) is 5.91 Å². The van der Waals surface area contributed by atoms with Crippen LogP contribution in [0.4, 0.5) is 0 Å². The van der Waals surface area contributed by atoms with Crippen LogP contribution in [0.3, 0.4) is 0 Å². The van der Waals surface area contributed by atoms with Crippen LogP contribution < -0.4 is 11.1 Å². The van der Waals surface area contributed by atoms with Gasteiger partial charge in [-0.05, 0) is 12.1 Å². The minimum atomic E-state index is -0.243. The molecule has 0 aromatic carbocycles. The Bertz CT molecular complexity index is 541. The number of nitrogens with one attached hydrogen (secondary N) is 1. The number of aromatic nitrogens is 1. The number of rotatable bonds is 2. The van der Waals surface area contributed by atoms with E-state index in [2.05, 4.69) is 15.5 Å². The van der Waals surface area contributed by atoms with E-state index < -0.39 is 0 Å². The Hall–Kier alpha value is -2.64. The lowest BCUT2D eigenvalue weighted by atomic mass is 10.2. The number of hydrogen-bond donors (Lipinski definition) is 3. The standard InChI is InChI=1S/C12H15N5O3/c13-11(16-20)8-1-2-9(15-7-8)12(19)17-5-3-10(18)14-4-6-17/h1-2,7,20H,3-6H2,(H2,13,16)(H,14,18). The van der Waals surface area contributed by atoms with E-state index >= 15 is 0 Å². The molecule has 106 valence electrons. The van der Waals surface area contributed by atoms with Gasteiger partial charge in [-0.15, -0.1) is 0 Å².